The van der Waals surface area contributed by atoms with Gasteiger partial charge in [0.25, 0.3) is 0 Å². The first-order valence-electron chi connectivity index (χ1n) is 9.00. The number of carbonyl (C=O) groups excluding carboxylic acids is 1. The van der Waals surface area contributed by atoms with E-state index in [1.54, 1.807) is 6.07 Å². The van der Waals surface area contributed by atoms with Gasteiger partial charge in [-0.05, 0) is 55.4 Å². The van der Waals surface area contributed by atoms with Crippen molar-refractivity contribution >= 4 is 29.2 Å². The quantitative estimate of drug-likeness (QED) is 0.778. The summed E-state index contributed by atoms with van der Waals surface area (Å²) in [5.74, 6) is 0.561. The number of hydrogen-bond donors (Lipinski definition) is 3. The summed E-state index contributed by atoms with van der Waals surface area (Å²) in [7, 11) is 0. The lowest BCUT2D eigenvalue weighted by Gasteiger charge is -2.24. The van der Waals surface area contributed by atoms with Crippen molar-refractivity contribution in [1.82, 2.24) is 15.6 Å². The molecule has 136 valence electrons. The molecule has 0 bridgehead atoms. The Kier molecular flexibility index (Phi) is 5.64. The number of carbonyl (C=O) groups is 1. The van der Waals surface area contributed by atoms with Gasteiger partial charge in [0.2, 0.25) is 5.91 Å². The van der Waals surface area contributed by atoms with Crippen LogP contribution in [0, 0.1) is 11.7 Å². The molecule has 1 aliphatic heterocycles. The first-order valence-corrected chi connectivity index (χ1v) is 9.00. The molecule has 3 N–H and O–H groups in total. The predicted octanol–water partition coefficient (Wildman–Crippen LogP) is 3.31. The maximum atomic E-state index is 13.2. The van der Waals surface area contributed by atoms with Crippen LogP contribution in [0.3, 0.4) is 0 Å². The van der Waals surface area contributed by atoms with Gasteiger partial charge in [-0.2, -0.15) is 0 Å². The molecule has 3 atom stereocenters. The smallest absolute Gasteiger partial charge is 0.237 e. The zero-order chi connectivity index (χ0) is 16.5. The molecule has 1 aromatic heterocycles. The van der Waals surface area contributed by atoms with E-state index in [9.17, 15) is 9.18 Å². The van der Waals surface area contributed by atoms with Gasteiger partial charge < -0.3 is 15.6 Å². The van der Waals surface area contributed by atoms with E-state index in [2.05, 4.69) is 15.6 Å². The highest BCUT2D eigenvalue weighted by Gasteiger charge is 2.37. The molecule has 1 saturated heterocycles. The highest BCUT2D eigenvalue weighted by atomic mass is 35.5. The Morgan fingerprint density at radius 2 is 2.12 bits per heavy atom. The average Bonchev–Trinajstić information content (AvgIpc) is 3.18. The monoisotopic (exact) mass is 365 g/mol. The number of H-pyrrole nitrogens is 1. The summed E-state index contributed by atoms with van der Waals surface area (Å²) < 4.78 is 13.2. The van der Waals surface area contributed by atoms with Crippen molar-refractivity contribution < 1.29 is 9.18 Å². The number of halogens is 2. The molecule has 6 heteroatoms. The second kappa shape index (κ2) is 7.75. The average molecular weight is 366 g/mol. The lowest BCUT2D eigenvalue weighted by molar-refractivity contribution is -0.122. The van der Waals surface area contributed by atoms with Gasteiger partial charge in [0.1, 0.15) is 5.82 Å². The Bertz CT molecular complexity index is 733. The van der Waals surface area contributed by atoms with Crippen LogP contribution < -0.4 is 10.6 Å². The number of aromatic amines is 1. The first kappa shape index (κ1) is 18.2. The minimum atomic E-state index is -0.238. The molecule has 2 heterocycles. The fourth-order valence-electron chi connectivity index (χ4n) is 4.33. The number of fused-ring (bicyclic) bond motifs is 2. The number of aromatic nitrogens is 1. The molecule has 1 saturated carbocycles. The number of rotatable bonds is 4. The van der Waals surface area contributed by atoms with E-state index in [-0.39, 0.29) is 30.2 Å². The van der Waals surface area contributed by atoms with Crippen LogP contribution in [0.4, 0.5) is 4.39 Å². The van der Waals surface area contributed by atoms with E-state index < -0.39 is 0 Å². The van der Waals surface area contributed by atoms with Crippen molar-refractivity contribution in [3.63, 3.8) is 0 Å². The standard InChI is InChI=1S/C19H24FN3O.ClH/c20-14-5-6-15-13(11-22-17(15)10-14)7-8-21-19(24)18-9-12-3-1-2-4-16(12)23-18;/h5-6,10-12,16,18,22-23H,1-4,7-9H2,(H,21,24);1H. The van der Waals surface area contributed by atoms with Gasteiger partial charge in [0, 0.05) is 29.7 Å². The molecule has 2 aromatic rings. The summed E-state index contributed by atoms with van der Waals surface area (Å²) in [6.45, 7) is 0.608. The molecular formula is C19H25ClFN3O. The van der Waals surface area contributed by atoms with E-state index in [0.29, 0.717) is 18.5 Å². The van der Waals surface area contributed by atoms with E-state index in [1.807, 2.05) is 6.20 Å². The van der Waals surface area contributed by atoms with Gasteiger partial charge in [-0.15, -0.1) is 12.4 Å². The predicted molar refractivity (Wildman–Crippen MR) is 99.5 cm³/mol. The molecule has 25 heavy (non-hydrogen) atoms. The SMILES string of the molecule is Cl.O=C(NCCc1c[nH]c2cc(F)ccc12)C1CC2CCCCC2N1. The Balaban J connectivity index is 0.00000182. The summed E-state index contributed by atoms with van der Waals surface area (Å²) in [4.78, 5) is 15.5. The topological polar surface area (TPSA) is 56.9 Å². The van der Waals surface area contributed by atoms with Gasteiger partial charge in [-0.3, -0.25) is 4.79 Å². The molecule has 2 fully saturated rings. The molecule has 4 nitrogen and oxygen atoms in total. The van der Waals surface area contributed by atoms with E-state index in [0.717, 1.165) is 29.3 Å². The molecule has 0 spiro atoms. The van der Waals surface area contributed by atoms with E-state index in [4.69, 9.17) is 0 Å². The Hall–Kier alpha value is -1.59. The molecule has 1 amide bonds. The van der Waals surface area contributed by atoms with Gasteiger partial charge in [0.05, 0.1) is 6.04 Å². The summed E-state index contributed by atoms with van der Waals surface area (Å²) in [5.41, 5.74) is 1.91. The Morgan fingerprint density at radius 1 is 1.28 bits per heavy atom. The lowest BCUT2D eigenvalue weighted by Crippen LogP contribution is -2.43. The largest absolute Gasteiger partial charge is 0.361 e. The first-order chi connectivity index (χ1) is 11.7. The fourth-order valence-corrected chi connectivity index (χ4v) is 4.33. The van der Waals surface area contributed by atoms with Crippen LogP contribution in [-0.4, -0.2) is 29.5 Å². The second-order valence-electron chi connectivity index (χ2n) is 7.15. The summed E-state index contributed by atoms with van der Waals surface area (Å²) in [6.07, 6.45) is 8.67. The zero-order valence-electron chi connectivity index (χ0n) is 14.2. The van der Waals surface area contributed by atoms with Crippen LogP contribution in [0.5, 0.6) is 0 Å². The molecule has 0 radical (unpaired) electrons. The maximum Gasteiger partial charge on any atom is 0.237 e. The highest BCUT2D eigenvalue weighted by molar-refractivity contribution is 5.85. The zero-order valence-corrected chi connectivity index (χ0v) is 15.0. The number of benzene rings is 1. The third-order valence-corrected chi connectivity index (χ3v) is 5.60. The van der Waals surface area contributed by atoms with Crippen LogP contribution >= 0.6 is 12.4 Å². The van der Waals surface area contributed by atoms with Crippen molar-refractivity contribution in [3.05, 3.63) is 35.8 Å². The minimum absolute atomic E-state index is 0. The molecule has 3 unspecified atom stereocenters. The van der Waals surface area contributed by atoms with Crippen molar-refractivity contribution in [2.45, 2.75) is 50.6 Å². The molecular weight excluding hydrogens is 341 g/mol. The van der Waals surface area contributed by atoms with Gasteiger partial charge in [0.15, 0.2) is 0 Å². The third kappa shape index (κ3) is 3.82. The summed E-state index contributed by atoms with van der Waals surface area (Å²) in [5, 5.41) is 7.60. The number of nitrogens with one attached hydrogen (secondary N) is 3. The van der Waals surface area contributed by atoms with Gasteiger partial charge in [-0.1, -0.05) is 12.8 Å². The van der Waals surface area contributed by atoms with Crippen molar-refractivity contribution in [1.29, 1.82) is 0 Å². The highest BCUT2D eigenvalue weighted by Crippen LogP contribution is 2.33. The van der Waals surface area contributed by atoms with Gasteiger partial charge >= 0.3 is 0 Å². The van der Waals surface area contributed by atoms with Crippen LogP contribution in [0.1, 0.15) is 37.7 Å². The van der Waals surface area contributed by atoms with Gasteiger partial charge in [-0.25, -0.2) is 4.39 Å². The summed E-state index contributed by atoms with van der Waals surface area (Å²) in [6, 6.07) is 5.28. The van der Waals surface area contributed by atoms with Crippen LogP contribution in [-0.2, 0) is 11.2 Å². The second-order valence-corrected chi connectivity index (χ2v) is 7.15. The van der Waals surface area contributed by atoms with E-state index in [1.165, 1.54) is 37.8 Å². The number of amides is 1. The third-order valence-electron chi connectivity index (χ3n) is 5.60. The van der Waals surface area contributed by atoms with E-state index >= 15 is 0 Å². The normalized spacial score (nSPS) is 25.4. The molecule has 1 aliphatic carbocycles. The minimum Gasteiger partial charge on any atom is -0.361 e. The van der Waals surface area contributed by atoms with Crippen molar-refractivity contribution in [2.24, 2.45) is 5.92 Å². The van der Waals surface area contributed by atoms with Crippen LogP contribution in [0.15, 0.2) is 24.4 Å². The number of hydrogen-bond acceptors (Lipinski definition) is 2. The maximum absolute atomic E-state index is 13.2. The molecule has 4 rings (SSSR count). The Labute approximate surface area is 153 Å². The molecule has 2 aliphatic rings. The molecule has 1 aromatic carbocycles. The van der Waals surface area contributed by atoms with Crippen molar-refractivity contribution in [2.75, 3.05) is 6.54 Å². The Morgan fingerprint density at radius 3 is 2.96 bits per heavy atom. The van der Waals surface area contributed by atoms with Crippen LogP contribution in [0.25, 0.3) is 10.9 Å². The fraction of sp³-hybridized carbons (Fsp3) is 0.526. The van der Waals surface area contributed by atoms with Crippen LogP contribution in [0.2, 0.25) is 0 Å². The lowest BCUT2D eigenvalue weighted by atomic mass is 9.85. The van der Waals surface area contributed by atoms with Crippen molar-refractivity contribution in [3.8, 4) is 0 Å². The summed E-state index contributed by atoms with van der Waals surface area (Å²) >= 11 is 0.